The zero-order valence-electron chi connectivity index (χ0n) is 14.5. The molecule has 1 aromatic rings. The number of hydrogen-bond donors (Lipinski definition) is 1. The topological polar surface area (TPSA) is 15.3 Å². The van der Waals surface area contributed by atoms with Crippen LogP contribution >= 0.6 is 0 Å². The van der Waals surface area contributed by atoms with Crippen LogP contribution in [0.2, 0.25) is 0 Å². The fourth-order valence-corrected chi connectivity index (χ4v) is 5.21. The van der Waals surface area contributed by atoms with Gasteiger partial charge in [0.15, 0.2) is 0 Å². The number of likely N-dealkylation sites (N-methyl/N-ethyl adjacent to an activating group) is 1. The monoisotopic (exact) mass is 318 g/mol. The molecule has 1 aromatic carbocycles. The maximum absolute atomic E-state index is 3.66. The lowest BCUT2D eigenvalue weighted by Gasteiger charge is -2.41. The molecule has 0 saturated carbocycles. The summed E-state index contributed by atoms with van der Waals surface area (Å²) in [5, 5.41) is 3.66. The molecule has 0 bridgehead atoms. The van der Waals surface area contributed by atoms with Crippen molar-refractivity contribution in [1.29, 1.82) is 0 Å². The van der Waals surface area contributed by atoms with Crippen molar-refractivity contribution in [3.63, 3.8) is 0 Å². The van der Waals surface area contributed by atoms with E-state index in [1.165, 1.54) is 43.4 Å². The molecule has 2 heterocycles. The molecule has 0 amide bonds. The third-order valence-corrected chi connectivity index (χ3v) is 6.42. The minimum Gasteiger partial charge on any atom is -0.384 e. The average Bonchev–Trinajstić information content (AvgIpc) is 3.02. The number of nitrogens with one attached hydrogen (secondary N) is 1. The zero-order chi connectivity index (χ0) is 16.1. The Morgan fingerprint density at radius 3 is 2.88 bits per heavy atom. The van der Waals surface area contributed by atoms with Crippen molar-refractivity contribution in [2.75, 3.05) is 20.1 Å². The zero-order valence-corrected chi connectivity index (χ0v) is 14.5. The van der Waals surface area contributed by atoms with Crippen molar-refractivity contribution in [1.82, 2.24) is 10.2 Å². The van der Waals surface area contributed by atoms with Crippen molar-refractivity contribution >= 4 is 0 Å². The molecular weight excluding hydrogens is 292 g/mol. The number of allylic oxidation sites excluding steroid dienone is 2. The van der Waals surface area contributed by atoms with E-state index in [9.17, 15) is 0 Å². The minimum absolute atomic E-state index is 0.654. The summed E-state index contributed by atoms with van der Waals surface area (Å²) < 4.78 is 0. The van der Waals surface area contributed by atoms with E-state index >= 15 is 0 Å². The van der Waals surface area contributed by atoms with E-state index in [1.54, 1.807) is 22.3 Å². The number of hydrogen-bond acceptors (Lipinski definition) is 2. The van der Waals surface area contributed by atoms with Gasteiger partial charge in [-0.3, -0.25) is 4.90 Å². The summed E-state index contributed by atoms with van der Waals surface area (Å²) in [4.78, 5) is 2.60. The predicted molar refractivity (Wildman–Crippen MR) is 98.7 cm³/mol. The third-order valence-electron chi connectivity index (χ3n) is 6.42. The van der Waals surface area contributed by atoms with Gasteiger partial charge in [-0.05, 0) is 61.4 Å². The highest BCUT2D eigenvalue weighted by Gasteiger charge is 2.38. The Morgan fingerprint density at radius 1 is 1.12 bits per heavy atom. The summed E-state index contributed by atoms with van der Waals surface area (Å²) >= 11 is 0. The second kappa shape index (κ2) is 5.63. The van der Waals surface area contributed by atoms with E-state index in [-0.39, 0.29) is 0 Å². The molecule has 2 aliphatic carbocycles. The van der Waals surface area contributed by atoms with E-state index in [4.69, 9.17) is 0 Å². The largest absolute Gasteiger partial charge is 0.384 e. The standard InChI is InChI=1S/C22H26N2/c1-24-14-20-16(12-18(24)10-15-6-3-2-4-7-15)11-17-13-23-21-9-5-8-19(20)22(17)21/h2-4,6-7,9,17-18,23H,5,8,10-14H2,1H3. The maximum atomic E-state index is 3.66. The van der Waals surface area contributed by atoms with Crippen LogP contribution in [0.4, 0.5) is 0 Å². The molecule has 4 aliphatic rings. The first-order valence-corrected chi connectivity index (χ1v) is 9.42. The molecule has 2 aliphatic heterocycles. The van der Waals surface area contributed by atoms with Gasteiger partial charge in [0.2, 0.25) is 0 Å². The summed E-state index contributed by atoms with van der Waals surface area (Å²) in [6, 6.07) is 11.7. The summed E-state index contributed by atoms with van der Waals surface area (Å²) in [5.41, 5.74) is 9.77. The van der Waals surface area contributed by atoms with Crippen LogP contribution in [0.5, 0.6) is 0 Å². The Bertz CT molecular complexity index is 753. The van der Waals surface area contributed by atoms with Gasteiger partial charge >= 0.3 is 0 Å². The fourth-order valence-electron chi connectivity index (χ4n) is 5.21. The van der Waals surface area contributed by atoms with Gasteiger partial charge in [0, 0.05) is 30.7 Å². The van der Waals surface area contributed by atoms with Gasteiger partial charge in [-0.15, -0.1) is 0 Å². The Kier molecular flexibility index (Phi) is 3.41. The maximum Gasteiger partial charge on any atom is 0.0339 e. The first kappa shape index (κ1) is 14.5. The molecule has 1 saturated heterocycles. The van der Waals surface area contributed by atoms with Gasteiger partial charge in [-0.1, -0.05) is 42.0 Å². The SMILES string of the molecule is CN1CC2=C(CC3CNC4=CCCC2=C43)CC1Cc1ccccc1. The number of nitrogens with zero attached hydrogens (tertiary/aromatic N) is 1. The minimum atomic E-state index is 0.654. The van der Waals surface area contributed by atoms with Crippen LogP contribution in [-0.4, -0.2) is 31.1 Å². The highest BCUT2D eigenvalue weighted by Crippen LogP contribution is 2.47. The van der Waals surface area contributed by atoms with E-state index in [0.29, 0.717) is 6.04 Å². The highest BCUT2D eigenvalue weighted by atomic mass is 15.1. The molecular formula is C22H26N2. The normalized spacial score (nSPS) is 29.1. The van der Waals surface area contributed by atoms with Crippen LogP contribution < -0.4 is 5.32 Å². The van der Waals surface area contributed by atoms with Crippen LogP contribution in [0, 0.1) is 5.92 Å². The van der Waals surface area contributed by atoms with E-state index in [2.05, 4.69) is 53.7 Å². The Labute approximate surface area is 144 Å². The smallest absolute Gasteiger partial charge is 0.0339 e. The molecule has 124 valence electrons. The van der Waals surface area contributed by atoms with Gasteiger partial charge in [0.25, 0.3) is 0 Å². The molecule has 0 spiro atoms. The summed E-state index contributed by atoms with van der Waals surface area (Å²) in [5.74, 6) is 0.742. The van der Waals surface area contributed by atoms with Crippen LogP contribution in [0.15, 0.2) is 64.4 Å². The molecule has 0 aromatic heterocycles. The second-order valence-corrected chi connectivity index (χ2v) is 7.88. The van der Waals surface area contributed by atoms with Gasteiger partial charge in [-0.25, -0.2) is 0 Å². The molecule has 1 N–H and O–H groups in total. The number of rotatable bonds is 2. The molecule has 1 fully saturated rings. The molecule has 2 nitrogen and oxygen atoms in total. The summed E-state index contributed by atoms with van der Waals surface area (Å²) in [7, 11) is 2.32. The van der Waals surface area contributed by atoms with E-state index < -0.39 is 0 Å². The van der Waals surface area contributed by atoms with Crippen LogP contribution in [0.1, 0.15) is 31.2 Å². The summed E-state index contributed by atoms with van der Waals surface area (Å²) in [6.45, 7) is 2.30. The Morgan fingerprint density at radius 2 is 2.00 bits per heavy atom. The summed E-state index contributed by atoms with van der Waals surface area (Å²) in [6.07, 6.45) is 8.61. The van der Waals surface area contributed by atoms with Gasteiger partial charge < -0.3 is 5.32 Å². The second-order valence-electron chi connectivity index (χ2n) is 7.88. The first-order chi connectivity index (χ1) is 11.8. The predicted octanol–water partition coefficient (Wildman–Crippen LogP) is 3.83. The lowest BCUT2D eigenvalue weighted by molar-refractivity contribution is 0.236. The average molecular weight is 318 g/mol. The molecule has 2 unspecified atom stereocenters. The van der Waals surface area contributed by atoms with Gasteiger partial charge in [0.05, 0.1) is 0 Å². The lowest BCUT2D eigenvalue weighted by Crippen LogP contribution is -2.41. The quantitative estimate of drug-likeness (QED) is 0.891. The van der Waals surface area contributed by atoms with Gasteiger partial charge in [0.1, 0.15) is 0 Å². The van der Waals surface area contributed by atoms with Crippen molar-refractivity contribution in [2.24, 2.45) is 5.92 Å². The molecule has 2 atom stereocenters. The fraction of sp³-hybridized carbons (Fsp3) is 0.455. The van der Waals surface area contributed by atoms with Crippen molar-refractivity contribution in [3.05, 3.63) is 70.0 Å². The third kappa shape index (κ3) is 2.28. The van der Waals surface area contributed by atoms with Gasteiger partial charge in [-0.2, -0.15) is 0 Å². The van der Waals surface area contributed by atoms with E-state index in [1.807, 2.05) is 0 Å². The van der Waals surface area contributed by atoms with E-state index in [0.717, 1.165) is 19.0 Å². The Balaban J connectivity index is 1.45. The van der Waals surface area contributed by atoms with Crippen molar-refractivity contribution < 1.29 is 0 Å². The molecule has 24 heavy (non-hydrogen) atoms. The number of fused-ring (bicyclic) bond motifs is 1. The van der Waals surface area contributed by atoms with Crippen molar-refractivity contribution in [3.8, 4) is 0 Å². The first-order valence-electron chi connectivity index (χ1n) is 9.42. The van der Waals surface area contributed by atoms with Crippen LogP contribution in [0.3, 0.4) is 0 Å². The molecule has 2 heteroatoms. The van der Waals surface area contributed by atoms with Crippen LogP contribution in [0.25, 0.3) is 0 Å². The molecule has 5 rings (SSSR count). The Hall–Kier alpha value is -1.80. The van der Waals surface area contributed by atoms with Crippen molar-refractivity contribution in [2.45, 2.75) is 38.1 Å². The van der Waals surface area contributed by atoms with Crippen LogP contribution in [-0.2, 0) is 6.42 Å². The molecule has 0 radical (unpaired) electrons. The number of benzene rings is 1. The lowest BCUT2D eigenvalue weighted by atomic mass is 9.72. The highest BCUT2D eigenvalue weighted by molar-refractivity contribution is 5.56.